The number of fused-ring (bicyclic) bond motifs is 2. The Labute approximate surface area is 176 Å². The Morgan fingerprint density at radius 3 is 2.55 bits per heavy atom. The monoisotopic (exact) mass is 406 g/mol. The number of nitrogens with zero attached hydrogens (tertiary/aromatic N) is 2. The predicted octanol–water partition coefficient (Wildman–Crippen LogP) is 4.46. The summed E-state index contributed by atoms with van der Waals surface area (Å²) in [6.07, 6.45) is 1.89. The predicted molar refractivity (Wildman–Crippen MR) is 117 cm³/mol. The molecule has 2 aromatic rings. The van der Waals surface area contributed by atoms with E-state index in [1.807, 2.05) is 46.2 Å². The summed E-state index contributed by atoms with van der Waals surface area (Å²) >= 11 is 1.65. The van der Waals surface area contributed by atoms with E-state index < -0.39 is 4.87 Å². The van der Waals surface area contributed by atoms with Crippen molar-refractivity contribution in [3.05, 3.63) is 65.2 Å². The third-order valence-electron chi connectivity index (χ3n) is 6.06. The highest BCUT2D eigenvalue weighted by Crippen LogP contribution is 2.60. The first kappa shape index (κ1) is 18.7. The van der Waals surface area contributed by atoms with E-state index in [1.54, 1.807) is 11.8 Å². The fourth-order valence-corrected chi connectivity index (χ4v) is 6.34. The van der Waals surface area contributed by atoms with Gasteiger partial charge in [-0.1, -0.05) is 48.0 Å². The molecule has 2 fully saturated rings. The smallest absolute Gasteiger partial charge is 0.268 e. The first-order valence-electron chi connectivity index (χ1n) is 10.3. The highest BCUT2D eigenvalue weighted by Gasteiger charge is 2.64. The van der Waals surface area contributed by atoms with Gasteiger partial charge in [-0.05, 0) is 45.2 Å². The Bertz CT molecular complexity index is 999. The van der Waals surface area contributed by atoms with Crippen LogP contribution in [-0.2, 0) is 21.0 Å². The third-order valence-corrected chi connectivity index (χ3v) is 7.65. The number of hydrogen-bond donors (Lipinski definition) is 0. The van der Waals surface area contributed by atoms with E-state index in [9.17, 15) is 9.59 Å². The van der Waals surface area contributed by atoms with Crippen LogP contribution in [0.25, 0.3) is 0 Å². The van der Waals surface area contributed by atoms with E-state index in [1.165, 1.54) is 0 Å². The molecule has 0 bridgehead atoms. The average Bonchev–Trinajstić information content (AvgIpc) is 3.46. The van der Waals surface area contributed by atoms with Crippen LogP contribution in [0.3, 0.4) is 0 Å². The largest absolute Gasteiger partial charge is 0.314 e. The van der Waals surface area contributed by atoms with E-state index in [4.69, 9.17) is 0 Å². The van der Waals surface area contributed by atoms with E-state index in [0.717, 1.165) is 35.2 Å². The maximum Gasteiger partial charge on any atom is 0.268 e. The molecule has 2 heterocycles. The van der Waals surface area contributed by atoms with Gasteiger partial charge in [0.25, 0.3) is 5.91 Å². The van der Waals surface area contributed by atoms with Gasteiger partial charge in [0.1, 0.15) is 0 Å². The van der Waals surface area contributed by atoms with Crippen LogP contribution in [0.15, 0.2) is 48.5 Å². The number of amides is 2. The van der Waals surface area contributed by atoms with Crippen LogP contribution >= 0.6 is 11.8 Å². The van der Waals surface area contributed by atoms with Gasteiger partial charge >= 0.3 is 0 Å². The summed E-state index contributed by atoms with van der Waals surface area (Å²) in [6, 6.07) is 16.3. The molecule has 1 spiro atoms. The Kier molecular flexibility index (Phi) is 4.11. The summed E-state index contributed by atoms with van der Waals surface area (Å²) in [7, 11) is 0. The number of rotatable bonds is 3. The van der Waals surface area contributed by atoms with Gasteiger partial charge in [0.05, 0.1) is 12.2 Å². The summed E-state index contributed by atoms with van der Waals surface area (Å²) in [5.41, 5.74) is 4.11. The molecular formula is C24H26N2O2S. The van der Waals surface area contributed by atoms with Crippen molar-refractivity contribution >= 4 is 29.3 Å². The normalized spacial score (nSPS) is 25.0. The molecular weight excluding hydrogens is 380 g/mol. The van der Waals surface area contributed by atoms with Gasteiger partial charge in [0.15, 0.2) is 4.87 Å². The van der Waals surface area contributed by atoms with Crippen molar-refractivity contribution in [3.8, 4) is 0 Å². The van der Waals surface area contributed by atoms with Crippen molar-refractivity contribution < 1.29 is 9.59 Å². The zero-order valence-electron chi connectivity index (χ0n) is 17.1. The molecule has 0 N–H and O–H groups in total. The van der Waals surface area contributed by atoms with E-state index in [-0.39, 0.29) is 22.5 Å². The number of benzene rings is 2. The molecule has 0 aromatic heterocycles. The number of carbonyl (C=O) groups is 2. The number of carbonyl (C=O) groups excluding carboxylic acids is 2. The molecule has 150 valence electrons. The van der Waals surface area contributed by atoms with Crippen LogP contribution in [0.2, 0.25) is 0 Å². The van der Waals surface area contributed by atoms with Crippen LogP contribution in [0.5, 0.6) is 0 Å². The van der Waals surface area contributed by atoms with Gasteiger partial charge in [-0.3, -0.25) is 9.59 Å². The topological polar surface area (TPSA) is 40.6 Å². The second-order valence-corrected chi connectivity index (χ2v) is 11.0. The lowest BCUT2D eigenvalue weighted by Crippen LogP contribution is -2.50. The number of thioether (sulfide) groups is 1. The third kappa shape index (κ3) is 2.90. The molecule has 5 rings (SSSR count). The standard InChI is InChI=1S/C24H26N2O2S/c1-16-9-12-20-19(13-16)24(22(28)25(20)14-17-7-5-4-6-8-17)26(15-23(2,3)29-24)21(27)18-10-11-18/h4-9,12-13,18H,10-11,14-15H2,1-3H3. The Morgan fingerprint density at radius 2 is 1.86 bits per heavy atom. The van der Waals surface area contributed by atoms with Crippen molar-refractivity contribution in [2.75, 3.05) is 11.4 Å². The first-order valence-corrected chi connectivity index (χ1v) is 11.1. The number of hydrogen-bond acceptors (Lipinski definition) is 3. The molecule has 1 atom stereocenters. The fourth-order valence-electron chi connectivity index (χ4n) is 4.61. The van der Waals surface area contributed by atoms with Crippen LogP contribution in [0, 0.1) is 12.8 Å². The summed E-state index contributed by atoms with van der Waals surface area (Å²) in [6.45, 7) is 7.45. The molecule has 1 unspecified atom stereocenters. The van der Waals surface area contributed by atoms with E-state index in [2.05, 4.69) is 32.9 Å². The molecule has 2 amide bonds. The van der Waals surface area contributed by atoms with Crippen molar-refractivity contribution in [1.29, 1.82) is 0 Å². The molecule has 2 aromatic carbocycles. The summed E-state index contributed by atoms with van der Waals surface area (Å²) in [5.74, 6) is 0.252. The van der Waals surface area contributed by atoms with Crippen molar-refractivity contribution in [2.24, 2.45) is 5.92 Å². The van der Waals surface area contributed by atoms with Gasteiger partial charge in [0, 0.05) is 22.8 Å². The number of aryl methyl sites for hydroxylation is 1. The van der Waals surface area contributed by atoms with Crippen LogP contribution in [-0.4, -0.2) is 28.0 Å². The second kappa shape index (κ2) is 6.36. The summed E-state index contributed by atoms with van der Waals surface area (Å²) in [4.78, 5) is 30.2. The fraction of sp³-hybridized carbons (Fsp3) is 0.417. The SMILES string of the molecule is Cc1ccc2c(c1)C1(SC(C)(C)CN1C(=O)C1CC1)C(=O)N2Cc1ccccc1. The Balaban J connectivity index is 1.65. The zero-order valence-corrected chi connectivity index (χ0v) is 18.0. The minimum atomic E-state index is -0.945. The first-order chi connectivity index (χ1) is 13.8. The Hall–Kier alpha value is -2.27. The van der Waals surface area contributed by atoms with Gasteiger partial charge < -0.3 is 9.80 Å². The molecule has 0 radical (unpaired) electrons. The van der Waals surface area contributed by atoms with E-state index in [0.29, 0.717) is 13.1 Å². The minimum absolute atomic E-state index is 0.0199. The van der Waals surface area contributed by atoms with Gasteiger partial charge in [0.2, 0.25) is 5.91 Å². The van der Waals surface area contributed by atoms with Gasteiger partial charge in [-0.15, -0.1) is 11.8 Å². The molecule has 1 saturated carbocycles. The summed E-state index contributed by atoms with van der Waals surface area (Å²) < 4.78 is -0.177. The molecule has 5 heteroatoms. The molecule has 1 aliphatic carbocycles. The maximum atomic E-state index is 14.1. The van der Waals surface area contributed by atoms with Crippen LogP contribution < -0.4 is 4.90 Å². The lowest BCUT2D eigenvalue weighted by atomic mass is 10.0. The molecule has 29 heavy (non-hydrogen) atoms. The maximum absolute atomic E-state index is 14.1. The van der Waals surface area contributed by atoms with Crippen LogP contribution in [0.4, 0.5) is 5.69 Å². The molecule has 3 aliphatic rings. The number of anilines is 1. The van der Waals surface area contributed by atoms with Crippen molar-refractivity contribution in [1.82, 2.24) is 4.90 Å². The van der Waals surface area contributed by atoms with Gasteiger partial charge in [-0.2, -0.15) is 0 Å². The molecule has 2 aliphatic heterocycles. The molecule has 1 saturated heterocycles. The Morgan fingerprint density at radius 1 is 1.14 bits per heavy atom. The average molecular weight is 407 g/mol. The summed E-state index contributed by atoms with van der Waals surface area (Å²) in [5, 5.41) is 0. The minimum Gasteiger partial charge on any atom is -0.314 e. The lowest BCUT2D eigenvalue weighted by Gasteiger charge is -2.33. The van der Waals surface area contributed by atoms with Gasteiger partial charge in [-0.25, -0.2) is 0 Å². The van der Waals surface area contributed by atoms with Crippen molar-refractivity contribution in [2.45, 2.75) is 49.8 Å². The van der Waals surface area contributed by atoms with Crippen LogP contribution in [0.1, 0.15) is 43.4 Å². The zero-order chi connectivity index (χ0) is 20.4. The second-order valence-electron chi connectivity index (χ2n) is 9.10. The highest BCUT2D eigenvalue weighted by molar-refractivity contribution is 8.02. The lowest BCUT2D eigenvalue weighted by molar-refractivity contribution is -0.141. The quantitative estimate of drug-likeness (QED) is 0.756. The molecule has 4 nitrogen and oxygen atoms in total. The van der Waals surface area contributed by atoms with Crippen molar-refractivity contribution in [3.63, 3.8) is 0 Å². The highest BCUT2D eigenvalue weighted by atomic mass is 32.2. The van der Waals surface area contributed by atoms with E-state index >= 15 is 0 Å².